The summed E-state index contributed by atoms with van der Waals surface area (Å²) < 4.78 is 46.1. The van der Waals surface area contributed by atoms with Gasteiger partial charge in [0.15, 0.2) is 11.5 Å². The smallest absolute Gasteiger partial charge is 0.412 e. The molecule has 16 nitrogen and oxygen atoms in total. The van der Waals surface area contributed by atoms with Crippen LogP contribution in [0.4, 0.5) is 19.2 Å². The van der Waals surface area contributed by atoms with Crippen molar-refractivity contribution in [3.63, 3.8) is 0 Å². The fourth-order valence-electron chi connectivity index (χ4n) is 10.4. The van der Waals surface area contributed by atoms with Crippen molar-refractivity contribution in [3.05, 3.63) is 74.9 Å². The summed E-state index contributed by atoms with van der Waals surface area (Å²) in [5, 5.41) is 12.0. The standard InChI is InChI=1S/C54H86N4O12/c1-13-23-63-35-53(17-5,36-64-24-14-2)39-67-47(61)57-41-27-49(7,8)31-51(11,29-41)33-55-45(59)69-43-21-19-20-22-44(43)70-46(60)56-34-52(12)30-42(28-50(9,10)32-52)58-48(62)68-40-54(18-6,37-65-25-15-3)38-66-26-16-4/h13-16,19-22,41-42H,1-4,17-18,23-40H2,5-12H3,(H,55,59)(H,56,60)(H,57,61)(H,58,62). The molecule has 1 aromatic carbocycles. The molecular formula is C54H86N4O12. The number of hydrogen-bond acceptors (Lipinski definition) is 12. The molecule has 0 aromatic heterocycles. The third-order valence-electron chi connectivity index (χ3n) is 13.2. The van der Waals surface area contributed by atoms with Crippen molar-refractivity contribution in [1.82, 2.24) is 21.3 Å². The molecule has 2 aliphatic carbocycles. The predicted molar refractivity (Wildman–Crippen MR) is 272 cm³/mol. The first-order chi connectivity index (χ1) is 33.1. The quantitative estimate of drug-likeness (QED) is 0.0422. The zero-order valence-corrected chi connectivity index (χ0v) is 43.6. The van der Waals surface area contributed by atoms with Crippen LogP contribution >= 0.6 is 0 Å². The number of amides is 4. The highest BCUT2D eigenvalue weighted by atomic mass is 16.6. The van der Waals surface area contributed by atoms with Crippen LogP contribution < -0.4 is 30.7 Å². The fourth-order valence-corrected chi connectivity index (χ4v) is 10.4. The normalized spacial score (nSPS) is 21.8. The number of benzene rings is 1. The van der Waals surface area contributed by atoms with E-state index in [0.717, 1.165) is 25.7 Å². The average molecular weight is 983 g/mol. The van der Waals surface area contributed by atoms with Crippen LogP contribution in [0.25, 0.3) is 0 Å². The second-order valence-electron chi connectivity index (χ2n) is 21.8. The van der Waals surface area contributed by atoms with Crippen molar-refractivity contribution in [2.24, 2.45) is 32.5 Å². The Labute approximate surface area is 418 Å². The van der Waals surface area contributed by atoms with Crippen LogP contribution in [0.2, 0.25) is 0 Å². The van der Waals surface area contributed by atoms with E-state index in [0.29, 0.717) is 78.5 Å². The van der Waals surface area contributed by atoms with Gasteiger partial charge in [-0.2, -0.15) is 0 Å². The predicted octanol–water partition coefficient (Wildman–Crippen LogP) is 10.1. The fraction of sp³-hybridized carbons (Fsp3) is 0.667. The third kappa shape index (κ3) is 20.8. The van der Waals surface area contributed by atoms with E-state index in [1.807, 2.05) is 13.8 Å². The summed E-state index contributed by atoms with van der Waals surface area (Å²) >= 11 is 0. The van der Waals surface area contributed by atoms with Crippen LogP contribution in [-0.4, -0.2) is 116 Å². The van der Waals surface area contributed by atoms with Crippen LogP contribution in [0, 0.1) is 32.5 Å². The van der Waals surface area contributed by atoms with E-state index in [1.54, 1.807) is 48.6 Å². The summed E-state index contributed by atoms with van der Waals surface area (Å²) in [6, 6.07) is 6.04. The Morgan fingerprint density at radius 1 is 0.543 bits per heavy atom. The zero-order chi connectivity index (χ0) is 51.9. The van der Waals surface area contributed by atoms with Gasteiger partial charge in [-0.25, -0.2) is 19.2 Å². The zero-order valence-electron chi connectivity index (χ0n) is 43.6. The van der Waals surface area contributed by atoms with E-state index >= 15 is 0 Å². The van der Waals surface area contributed by atoms with Crippen molar-refractivity contribution in [2.75, 3.05) is 79.2 Å². The van der Waals surface area contributed by atoms with Gasteiger partial charge in [-0.05, 0) is 85.2 Å². The maximum Gasteiger partial charge on any atom is 0.412 e. The first kappa shape index (κ1) is 59.4. The summed E-state index contributed by atoms with van der Waals surface area (Å²) in [6.07, 6.45) is 9.74. The van der Waals surface area contributed by atoms with E-state index in [9.17, 15) is 19.2 Å². The van der Waals surface area contributed by atoms with E-state index in [4.69, 9.17) is 37.9 Å². The van der Waals surface area contributed by atoms with Gasteiger partial charge in [-0.1, -0.05) is 91.8 Å². The molecule has 2 aliphatic rings. The lowest BCUT2D eigenvalue weighted by Crippen LogP contribution is -2.51. The van der Waals surface area contributed by atoms with Crippen LogP contribution in [0.1, 0.15) is 107 Å². The lowest BCUT2D eigenvalue weighted by Gasteiger charge is -2.46. The van der Waals surface area contributed by atoms with Crippen LogP contribution in [0.15, 0.2) is 74.9 Å². The van der Waals surface area contributed by atoms with Crippen LogP contribution in [0.5, 0.6) is 11.5 Å². The van der Waals surface area contributed by atoms with E-state index in [2.05, 4.69) is 89.1 Å². The molecular weight excluding hydrogens is 897 g/mol. The molecule has 4 atom stereocenters. The monoisotopic (exact) mass is 983 g/mol. The molecule has 70 heavy (non-hydrogen) atoms. The first-order valence-corrected chi connectivity index (χ1v) is 24.7. The van der Waals surface area contributed by atoms with Gasteiger partial charge in [0, 0.05) is 25.2 Å². The Morgan fingerprint density at radius 2 is 0.871 bits per heavy atom. The number of ether oxygens (including phenoxy) is 8. The molecule has 16 heteroatoms. The highest BCUT2D eigenvalue weighted by Crippen LogP contribution is 2.47. The Morgan fingerprint density at radius 3 is 1.17 bits per heavy atom. The first-order valence-electron chi connectivity index (χ1n) is 24.7. The molecule has 394 valence electrons. The summed E-state index contributed by atoms with van der Waals surface area (Å²) in [5.74, 6) is 0.137. The lowest BCUT2D eigenvalue weighted by atomic mass is 9.62. The van der Waals surface area contributed by atoms with Crippen molar-refractivity contribution in [1.29, 1.82) is 0 Å². The van der Waals surface area contributed by atoms with Gasteiger partial charge in [0.25, 0.3) is 0 Å². The van der Waals surface area contributed by atoms with Crippen molar-refractivity contribution < 1.29 is 57.1 Å². The molecule has 4 unspecified atom stereocenters. The molecule has 4 amide bonds. The van der Waals surface area contributed by atoms with Gasteiger partial charge in [0.1, 0.15) is 13.2 Å². The van der Waals surface area contributed by atoms with Gasteiger partial charge >= 0.3 is 24.4 Å². The molecule has 1 aromatic rings. The molecule has 4 N–H and O–H groups in total. The van der Waals surface area contributed by atoms with Gasteiger partial charge in [-0.3, -0.25) is 0 Å². The summed E-state index contributed by atoms with van der Waals surface area (Å²) in [4.78, 5) is 53.2. The minimum atomic E-state index is -0.713. The number of para-hydroxylation sites is 2. The second-order valence-corrected chi connectivity index (χ2v) is 21.8. The number of nitrogens with one attached hydrogen (secondary N) is 4. The maximum absolute atomic E-state index is 13.3. The topological polar surface area (TPSA) is 190 Å². The van der Waals surface area contributed by atoms with Crippen LogP contribution in [-0.2, 0) is 28.4 Å². The molecule has 0 spiro atoms. The second kappa shape index (κ2) is 28.2. The summed E-state index contributed by atoms with van der Waals surface area (Å²) in [6.45, 7) is 35.2. The number of rotatable bonds is 30. The molecule has 0 saturated heterocycles. The maximum atomic E-state index is 13.3. The average Bonchev–Trinajstić information content (AvgIpc) is 3.28. The minimum absolute atomic E-state index is 0.0684. The summed E-state index contributed by atoms with van der Waals surface area (Å²) in [7, 11) is 0. The Balaban J connectivity index is 1.56. The lowest BCUT2D eigenvalue weighted by molar-refractivity contribution is -0.0473. The van der Waals surface area contributed by atoms with Crippen molar-refractivity contribution in [2.45, 2.75) is 119 Å². The van der Waals surface area contributed by atoms with E-state index < -0.39 is 46.0 Å². The molecule has 2 fully saturated rings. The largest absolute Gasteiger partial charge is 0.449 e. The number of carbonyl (C=O) groups excluding carboxylic acids is 4. The van der Waals surface area contributed by atoms with Gasteiger partial charge in [-0.15, -0.1) is 26.3 Å². The number of alkyl carbamates (subject to hydrolysis) is 2. The highest BCUT2D eigenvalue weighted by Gasteiger charge is 2.44. The van der Waals surface area contributed by atoms with Gasteiger partial charge in [0.05, 0.1) is 63.7 Å². The SMILES string of the molecule is C=CCOCC(CC)(COCC=C)COC(=O)NC1CC(C)(C)CC(C)(CNC(=O)Oc2ccccc2OC(=O)NCC2(C)CC(NC(=O)OCC(CC)(COCC=C)COCC=C)CC(C)(C)C2)C1. The Kier molecular flexibility index (Phi) is 24.0. The molecule has 0 radical (unpaired) electrons. The van der Waals surface area contributed by atoms with Gasteiger partial charge in [0.2, 0.25) is 0 Å². The van der Waals surface area contributed by atoms with Crippen molar-refractivity contribution in [3.8, 4) is 11.5 Å². The molecule has 3 rings (SSSR count). The Bertz CT molecular complexity index is 1710. The molecule has 2 saturated carbocycles. The summed E-state index contributed by atoms with van der Waals surface area (Å²) in [5.41, 5.74) is -2.20. The van der Waals surface area contributed by atoms with E-state index in [-0.39, 0.29) is 60.7 Å². The van der Waals surface area contributed by atoms with E-state index in [1.165, 1.54) is 0 Å². The minimum Gasteiger partial charge on any atom is -0.449 e. The third-order valence-corrected chi connectivity index (χ3v) is 13.2. The number of carbonyl (C=O) groups is 4. The van der Waals surface area contributed by atoms with Crippen LogP contribution in [0.3, 0.4) is 0 Å². The molecule has 0 bridgehead atoms. The molecule has 0 aliphatic heterocycles. The molecule has 0 heterocycles. The number of hydrogen-bond donors (Lipinski definition) is 4. The van der Waals surface area contributed by atoms with Gasteiger partial charge < -0.3 is 59.2 Å². The Hall–Kier alpha value is -4.90. The highest BCUT2D eigenvalue weighted by molar-refractivity contribution is 5.74. The van der Waals surface area contributed by atoms with Crippen molar-refractivity contribution >= 4 is 24.4 Å².